The predicted octanol–water partition coefficient (Wildman–Crippen LogP) is 3.33. The van der Waals surface area contributed by atoms with Gasteiger partial charge in [0.15, 0.2) is 5.82 Å². The molecule has 2 N–H and O–H groups in total. The third-order valence-electron chi connectivity index (χ3n) is 2.73. The minimum absolute atomic E-state index is 0.329. The van der Waals surface area contributed by atoms with Crippen molar-refractivity contribution in [2.45, 2.75) is 13.3 Å². The second-order valence-corrected chi connectivity index (χ2v) is 5.72. The Morgan fingerprint density at radius 1 is 1.35 bits per heavy atom. The molecule has 2 heterocycles. The lowest BCUT2D eigenvalue weighted by molar-refractivity contribution is 0.424. The summed E-state index contributed by atoms with van der Waals surface area (Å²) in [5, 5.41) is 7.43. The van der Waals surface area contributed by atoms with Crippen molar-refractivity contribution in [3.05, 3.63) is 45.1 Å². The average Bonchev–Trinajstić information content (AvgIpc) is 3.00. The summed E-state index contributed by atoms with van der Waals surface area (Å²) >= 11 is 7.71. The van der Waals surface area contributed by atoms with Crippen LogP contribution < -0.4 is 5.73 Å². The summed E-state index contributed by atoms with van der Waals surface area (Å²) in [4.78, 5) is 8.70. The molecule has 102 valence electrons. The highest BCUT2D eigenvalue weighted by Crippen LogP contribution is 2.31. The number of nitrogens with two attached hydrogens (primary N) is 1. The first kappa shape index (κ1) is 13.1. The zero-order valence-corrected chi connectivity index (χ0v) is 12.2. The number of aromatic nitrogens is 3. The maximum Gasteiger partial charge on any atom is 0.261 e. The van der Waals surface area contributed by atoms with Gasteiger partial charge in [-0.15, -0.1) is 11.3 Å². The van der Waals surface area contributed by atoms with Gasteiger partial charge in [-0.25, -0.2) is 4.98 Å². The van der Waals surface area contributed by atoms with Crippen LogP contribution in [0.5, 0.6) is 0 Å². The van der Waals surface area contributed by atoms with E-state index >= 15 is 0 Å². The summed E-state index contributed by atoms with van der Waals surface area (Å²) in [5.41, 5.74) is 7.90. The fourth-order valence-electron chi connectivity index (χ4n) is 1.85. The topological polar surface area (TPSA) is 77.8 Å². The molecule has 0 saturated heterocycles. The van der Waals surface area contributed by atoms with E-state index in [1.807, 2.05) is 12.3 Å². The number of nitrogen functional groups attached to an aromatic ring is 1. The quantitative estimate of drug-likeness (QED) is 0.751. The van der Waals surface area contributed by atoms with Crippen molar-refractivity contribution in [3.63, 3.8) is 0 Å². The Hall–Kier alpha value is -1.92. The molecule has 0 saturated carbocycles. The van der Waals surface area contributed by atoms with Crippen LogP contribution in [0.4, 0.5) is 5.69 Å². The van der Waals surface area contributed by atoms with E-state index < -0.39 is 0 Å². The molecule has 0 bridgehead atoms. The van der Waals surface area contributed by atoms with Crippen molar-refractivity contribution < 1.29 is 4.52 Å². The van der Waals surface area contributed by atoms with Crippen LogP contribution in [0.25, 0.3) is 11.5 Å². The van der Waals surface area contributed by atoms with Gasteiger partial charge in [0.05, 0.1) is 27.7 Å². The first-order valence-corrected chi connectivity index (χ1v) is 7.17. The van der Waals surface area contributed by atoms with Crippen LogP contribution in [0.3, 0.4) is 0 Å². The van der Waals surface area contributed by atoms with Crippen molar-refractivity contribution in [3.8, 4) is 11.5 Å². The van der Waals surface area contributed by atoms with Gasteiger partial charge in [-0.3, -0.25) is 0 Å². The molecule has 7 heteroatoms. The van der Waals surface area contributed by atoms with Gasteiger partial charge in [0, 0.05) is 11.1 Å². The van der Waals surface area contributed by atoms with Crippen LogP contribution in [0.1, 0.15) is 16.5 Å². The fraction of sp³-hybridized carbons (Fsp3) is 0.154. The number of hydrogen-bond acceptors (Lipinski definition) is 6. The number of hydrogen-bond donors (Lipinski definition) is 1. The van der Waals surface area contributed by atoms with Gasteiger partial charge in [0.1, 0.15) is 0 Å². The molecule has 5 nitrogen and oxygen atoms in total. The highest BCUT2D eigenvalue weighted by Gasteiger charge is 2.15. The van der Waals surface area contributed by atoms with Crippen LogP contribution in [-0.4, -0.2) is 15.1 Å². The first-order valence-electron chi connectivity index (χ1n) is 5.91. The van der Waals surface area contributed by atoms with Crippen LogP contribution in [0, 0.1) is 6.92 Å². The maximum absolute atomic E-state index is 6.12. The lowest BCUT2D eigenvalue weighted by Gasteiger charge is -2.01. The molecule has 0 atom stereocenters. The highest BCUT2D eigenvalue weighted by atomic mass is 35.5. The van der Waals surface area contributed by atoms with Crippen molar-refractivity contribution in [2.24, 2.45) is 0 Å². The number of thiazole rings is 1. The smallest absolute Gasteiger partial charge is 0.261 e. The van der Waals surface area contributed by atoms with Crippen LogP contribution in [0.15, 0.2) is 28.1 Å². The van der Waals surface area contributed by atoms with Gasteiger partial charge < -0.3 is 10.3 Å². The monoisotopic (exact) mass is 306 g/mol. The molecule has 0 aliphatic rings. The number of nitrogens with zero attached hydrogens (tertiary/aromatic N) is 3. The second kappa shape index (κ2) is 5.22. The van der Waals surface area contributed by atoms with Crippen molar-refractivity contribution >= 4 is 28.6 Å². The standard InChI is InChI=1S/C13H11ClN4OS/c1-7-16-8(6-20-7)5-11-17-13(19-18-11)12-9(14)3-2-4-10(12)15/h2-4,6H,5,15H2,1H3. The van der Waals surface area contributed by atoms with Crippen molar-refractivity contribution in [1.82, 2.24) is 15.1 Å². The Balaban J connectivity index is 1.90. The largest absolute Gasteiger partial charge is 0.398 e. The Morgan fingerprint density at radius 2 is 2.20 bits per heavy atom. The van der Waals surface area contributed by atoms with Crippen LogP contribution >= 0.6 is 22.9 Å². The van der Waals surface area contributed by atoms with E-state index in [-0.39, 0.29) is 0 Å². The number of rotatable bonds is 3. The van der Waals surface area contributed by atoms with E-state index in [0.717, 1.165) is 10.7 Å². The zero-order valence-electron chi connectivity index (χ0n) is 10.6. The Bertz CT molecular complexity index is 732. The lowest BCUT2D eigenvalue weighted by Crippen LogP contribution is -1.93. The Morgan fingerprint density at radius 3 is 2.90 bits per heavy atom. The summed E-state index contributed by atoms with van der Waals surface area (Å²) < 4.78 is 5.24. The molecule has 20 heavy (non-hydrogen) atoms. The highest BCUT2D eigenvalue weighted by molar-refractivity contribution is 7.09. The molecule has 2 aromatic heterocycles. The van der Waals surface area contributed by atoms with Gasteiger partial charge in [-0.05, 0) is 19.1 Å². The van der Waals surface area contributed by atoms with Gasteiger partial charge in [-0.2, -0.15) is 4.98 Å². The molecule has 3 aromatic rings. The minimum Gasteiger partial charge on any atom is -0.398 e. The summed E-state index contributed by atoms with van der Waals surface area (Å²) in [6, 6.07) is 5.26. The third kappa shape index (κ3) is 2.52. The van der Waals surface area contributed by atoms with Gasteiger partial charge >= 0.3 is 0 Å². The lowest BCUT2D eigenvalue weighted by atomic mass is 10.2. The maximum atomic E-state index is 6.12. The van der Waals surface area contributed by atoms with Crippen LogP contribution in [0.2, 0.25) is 5.02 Å². The van der Waals surface area contributed by atoms with E-state index in [2.05, 4.69) is 15.1 Å². The van der Waals surface area contributed by atoms with Gasteiger partial charge in [0.2, 0.25) is 0 Å². The first-order chi connectivity index (χ1) is 9.63. The van der Waals surface area contributed by atoms with Gasteiger partial charge in [-0.1, -0.05) is 22.8 Å². The van der Waals surface area contributed by atoms with E-state index in [1.165, 1.54) is 0 Å². The van der Waals surface area contributed by atoms with E-state index in [1.54, 1.807) is 29.5 Å². The second-order valence-electron chi connectivity index (χ2n) is 4.25. The average molecular weight is 307 g/mol. The van der Waals surface area contributed by atoms with E-state index in [0.29, 0.717) is 34.4 Å². The molecule has 1 aromatic carbocycles. The van der Waals surface area contributed by atoms with Gasteiger partial charge in [0.25, 0.3) is 5.89 Å². The molecule has 0 fully saturated rings. The summed E-state index contributed by atoms with van der Waals surface area (Å²) in [7, 11) is 0. The molecule has 0 spiro atoms. The summed E-state index contributed by atoms with van der Waals surface area (Å²) in [6.07, 6.45) is 0.526. The Labute approximate surface area is 124 Å². The molecule has 0 aliphatic carbocycles. The molecular weight excluding hydrogens is 296 g/mol. The molecular formula is C13H11ClN4OS. The van der Waals surface area contributed by atoms with E-state index in [4.69, 9.17) is 21.9 Å². The molecule has 0 unspecified atom stereocenters. The fourth-order valence-corrected chi connectivity index (χ4v) is 2.72. The molecule has 0 radical (unpaired) electrons. The predicted molar refractivity (Wildman–Crippen MR) is 78.8 cm³/mol. The van der Waals surface area contributed by atoms with E-state index in [9.17, 15) is 0 Å². The number of benzene rings is 1. The Kier molecular flexibility index (Phi) is 3.42. The molecule has 0 aliphatic heterocycles. The number of halogens is 1. The normalized spacial score (nSPS) is 10.9. The number of anilines is 1. The zero-order chi connectivity index (χ0) is 14.1. The molecule has 0 amide bonds. The van der Waals surface area contributed by atoms with Crippen LogP contribution in [-0.2, 0) is 6.42 Å². The third-order valence-corrected chi connectivity index (χ3v) is 3.87. The number of aryl methyl sites for hydroxylation is 1. The summed E-state index contributed by atoms with van der Waals surface area (Å²) in [5.74, 6) is 0.889. The molecule has 3 rings (SSSR count). The van der Waals surface area contributed by atoms with Crippen molar-refractivity contribution in [1.29, 1.82) is 0 Å². The van der Waals surface area contributed by atoms with Crippen molar-refractivity contribution in [2.75, 3.05) is 5.73 Å². The minimum atomic E-state index is 0.329. The summed E-state index contributed by atoms with van der Waals surface area (Å²) in [6.45, 7) is 1.96. The SMILES string of the molecule is Cc1nc(Cc2noc(-c3c(N)cccc3Cl)n2)cs1.